The fourth-order valence-corrected chi connectivity index (χ4v) is 3.21. The number of aryl methyl sites for hydroxylation is 1. The summed E-state index contributed by atoms with van der Waals surface area (Å²) in [6.07, 6.45) is 0. The van der Waals surface area contributed by atoms with Gasteiger partial charge in [-0.25, -0.2) is 0 Å². The first-order valence-corrected chi connectivity index (χ1v) is 7.03. The van der Waals surface area contributed by atoms with E-state index in [0.29, 0.717) is 5.56 Å². The van der Waals surface area contributed by atoms with Crippen molar-refractivity contribution in [2.24, 2.45) is 5.73 Å². The predicted octanol–water partition coefficient (Wildman–Crippen LogP) is 2.51. The van der Waals surface area contributed by atoms with Crippen molar-refractivity contribution in [3.05, 3.63) is 43.8 Å². The van der Waals surface area contributed by atoms with E-state index >= 15 is 0 Å². The Bertz CT molecular complexity index is 516. The number of nitrogens with one attached hydrogen (secondary N) is 1. The molecule has 0 bridgehead atoms. The molecule has 0 saturated heterocycles. The molecular formula is C12H14N2OS2. The number of hydrogen-bond donors (Lipinski definition) is 2. The second-order valence-electron chi connectivity index (χ2n) is 3.80. The van der Waals surface area contributed by atoms with Crippen molar-refractivity contribution < 1.29 is 4.79 Å². The monoisotopic (exact) mass is 266 g/mol. The van der Waals surface area contributed by atoms with Gasteiger partial charge in [-0.15, -0.1) is 22.7 Å². The minimum Gasteiger partial charge on any atom is -0.366 e. The van der Waals surface area contributed by atoms with Crippen LogP contribution >= 0.6 is 22.7 Å². The van der Waals surface area contributed by atoms with Crippen LogP contribution in [-0.2, 0) is 13.1 Å². The van der Waals surface area contributed by atoms with Crippen LogP contribution in [0.4, 0.5) is 0 Å². The number of nitrogens with two attached hydrogens (primary N) is 1. The Hall–Kier alpha value is -1.17. The second-order valence-corrected chi connectivity index (χ2v) is 5.79. The van der Waals surface area contributed by atoms with E-state index in [1.54, 1.807) is 28.1 Å². The van der Waals surface area contributed by atoms with E-state index in [4.69, 9.17) is 5.73 Å². The number of rotatable bonds is 5. The standard InChI is InChI=1S/C12H14N2OS2/c1-8-2-3-16-11(8)6-14-5-10-4-9(7-17-10)12(13)15/h2-4,7,14H,5-6H2,1H3,(H2,13,15). The molecule has 2 heterocycles. The molecule has 0 aliphatic rings. The number of carbonyl (C=O) groups is 1. The molecule has 0 fully saturated rings. The molecule has 90 valence electrons. The van der Waals surface area contributed by atoms with Crippen molar-refractivity contribution in [1.29, 1.82) is 0 Å². The third kappa shape index (κ3) is 3.15. The van der Waals surface area contributed by atoms with Crippen molar-refractivity contribution in [3.63, 3.8) is 0 Å². The number of primary amides is 1. The van der Waals surface area contributed by atoms with Crippen LogP contribution in [0.3, 0.4) is 0 Å². The molecule has 0 saturated carbocycles. The van der Waals surface area contributed by atoms with Crippen molar-refractivity contribution in [1.82, 2.24) is 5.32 Å². The Morgan fingerprint density at radius 2 is 2.24 bits per heavy atom. The van der Waals surface area contributed by atoms with Gasteiger partial charge in [0.15, 0.2) is 0 Å². The van der Waals surface area contributed by atoms with Gasteiger partial charge in [0.25, 0.3) is 0 Å². The molecule has 0 unspecified atom stereocenters. The fraction of sp³-hybridized carbons (Fsp3) is 0.250. The van der Waals surface area contributed by atoms with E-state index in [2.05, 4.69) is 23.7 Å². The molecule has 0 aromatic carbocycles. The van der Waals surface area contributed by atoms with Crippen LogP contribution in [0.2, 0.25) is 0 Å². The van der Waals surface area contributed by atoms with Gasteiger partial charge in [-0.1, -0.05) is 0 Å². The fourth-order valence-electron chi connectivity index (χ4n) is 1.49. The lowest BCUT2D eigenvalue weighted by molar-refractivity contribution is 0.100. The maximum absolute atomic E-state index is 10.9. The second kappa shape index (κ2) is 5.44. The lowest BCUT2D eigenvalue weighted by Gasteiger charge is -2.01. The Balaban J connectivity index is 1.86. The Morgan fingerprint density at radius 3 is 2.82 bits per heavy atom. The highest BCUT2D eigenvalue weighted by atomic mass is 32.1. The molecule has 0 aliphatic carbocycles. The van der Waals surface area contributed by atoms with Crippen molar-refractivity contribution in [2.45, 2.75) is 20.0 Å². The van der Waals surface area contributed by atoms with Crippen LogP contribution in [0.15, 0.2) is 22.9 Å². The van der Waals surface area contributed by atoms with Gasteiger partial charge in [0.2, 0.25) is 5.91 Å². The molecule has 3 N–H and O–H groups in total. The average molecular weight is 266 g/mol. The minimum atomic E-state index is -0.360. The zero-order valence-corrected chi connectivity index (χ0v) is 11.2. The summed E-state index contributed by atoms with van der Waals surface area (Å²) >= 11 is 3.32. The summed E-state index contributed by atoms with van der Waals surface area (Å²) < 4.78 is 0. The van der Waals surface area contributed by atoms with Gasteiger partial charge in [-0.05, 0) is 30.0 Å². The summed E-state index contributed by atoms with van der Waals surface area (Å²) in [7, 11) is 0. The maximum Gasteiger partial charge on any atom is 0.249 e. The van der Waals surface area contributed by atoms with E-state index in [1.807, 2.05) is 6.07 Å². The molecule has 0 aliphatic heterocycles. The Labute approximate surface area is 108 Å². The van der Waals surface area contributed by atoms with Gasteiger partial charge in [-0.2, -0.15) is 0 Å². The van der Waals surface area contributed by atoms with Crippen molar-refractivity contribution in [3.8, 4) is 0 Å². The number of hydrogen-bond acceptors (Lipinski definition) is 4. The van der Waals surface area contributed by atoms with Gasteiger partial charge in [0, 0.05) is 28.2 Å². The molecule has 2 rings (SSSR count). The average Bonchev–Trinajstić information content (AvgIpc) is 2.89. The third-order valence-electron chi connectivity index (χ3n) is 2.49. The van der Waals surface area contributed by atoms with Crippen LogP contribution in [0.1, 0.15) is 25.7 Å². The van der Waals surface area contributed by atoms with Crippen molar-refractivity contribution >= 4 is 28.6 Å². The molecule has 2 aromatic rings. The first-order chi connectivity index (χ1) is 8.16. The van der Waals surface area contributed by atoms with Crippen LogP contribution in [0.5, 0.6) is 0 Å². The summed E-state index contributed by atoms with van der Waals surface area (Å²) in [5.41, 5.74) is 7.12. The zero-order chi connectivity index (χ0) is 12.3. The molecule has 2 aromatic heterocycles. The van der Waals surface area contributed by atoms with E-state index in [1.165, 1.54) is 10.4 Å². The lowest BCUT2D eigenvalue weighted by Crippen LogP contribution is -2.12. The first kappa shape index (κ1) is 12.3. The first-order valence-electron chi connectivity index (χ1n) is 5.27. The van der Waals surface area contributed by atoms with E-state index < -0.39 is 0 Å². The third-order valence-corrected chi connectivity index (χ3v) is 4.45. The topological polar surface area (TPSA) is 55.1 Å². The van der Waals surface area contributed by atoms with Gasteiger partial charge >= 0.3 is 0 Å². The van der Waals surface area contributed by atoms with Crippen LogP contribution < -0.4 is 11.1 Å². The molecule has 17 heavy (non-hydrogen) atoms. The highest BCUT2D eigenvalue weighted by molar-refractivity contribution is 7.10. The zero-order valence-electron chi connectivity index (χ0n) is 9.53. The van der Waals surface area contributed by atoms with Crippen LogP contribution in [-0.4, -0.2) is 5.91 Å². The molecule has 1 amide bonds. The number of amides is 1. The summed E-state index contributed by atoms with van der Waals surface area (Å²) in [4.78, 5) is 13.4. The van der Waals surface area contributed by atoms with Gasteiger partial charge < -0.3 is 11.1 Å². The van der Waals surface area contributed by atoms with E-state index in [0.717, 1.165) is 18.0 Å². The largest absolute Gasteiger partial charge is 0.366 e. The smallest absolute Gasteiger partial charge is 0.249 e. The summed E-state index contributed by atoms with van der Waals surface area (Å²) in [5, 5.41) is 7.27. The molecule has 5 heteroatoms. The van der Waals surface area contributed by atoms with E-state index in [9.17, 15) is 4.79 Å². The molecule has 0 spiro atoms. The SMILES string of the molecule is Cc1ccsc1CNCc1cc(C(N)=O)cs1. The molecule has 0 atom stereocenters. The van der Waals surface area contributed by atoms with Crippen LogP contribution in [0.25, 0.3) is 0 Å². The lowest BCUT2D eigenvalue weighted by atomic mass is 10.3. The highest BCUT2D eigenvalue weighted by Crippen LogP contribution is 2.17. The maximum atomic E-state index is 10.9. The Morgan fingerprint density at radius 1 is 1.41 bits per heavy atom. The van der Waals surface area contributed by atoms with Gasteiger partial charge in [0.1, 0.15) is 0 Å². The predicted molar refractivity (Wildman–Crippen MR) is 72.4 cm³/mol. The normalized spacial score (nSPS) is 10.6. The molecule has 0 radical (unpaired) electrons. The number of carbonyl (C=O) groups excluding carboxylic acids is 1. The van der Waals surface area contributed by atoms with Crippen molar-refractivity contribution in [2.75, 3.05) is 0 Å². The Kier molecular flexibility index (Phi) is 3.93. The number of thiophene rings is 2. The molecular weight excluding hydrogens is 252 g/mol. The summed E-state index contributed by atoms with van der Waals surface area (Å²) in [6, 6.07) is 3.97. The van der Waals surface area contributed by atoms with Gasteiger partial charge in [-0.3, -0.25) is 4.79 Å². The highest BCUT2D eigenvalue weighted by Gasteiger charge is 2.05. The molecule has 3 nitrogen and oxygen atoms in total. The minimum absolute atomic E-state index is 0.360. The quantitative estimate of drug-likeness (QED) is 0.873. The summed E-state index contributed by atoms with van der Waals surface area (Å²) in [5.74, 6) is -0.360. The summed E-state index contributed by atoms with van der Waals surface area (Å²) in [6.45, 7) is 3.76. The van der Waals surface area contributed by atoms with E-state index in [-0.39, 0.29) is 5.91 Å². The van der Waals surface area contributed by atoms with Crippen LogP contribution in [0, 0.1) is 6.92 Å². The van der Waals surface area contributed by atoms with Gasteiger partial charge in [0.05, 0.1) is 5.56 Å².